The zero-order valence-corrected chi connectivity index (χ0v) is 18.6. The summed E-state index contributed by atoms with van der Waals surface area (Å²) in [5, 5.41) is 5.29. The Bertz CT molecular complexity index is 1350. The Kier molecular flexibility index (Phi) is 6.07. The van der Waals surface area contributed by atoms with Crippen molar-refractivity contribution in [1.29, 1.82) is 0 Å². The third kappa shape index (κ3) is 4.87. The van der Waals surface area contributed by atoms with Crippen molar-refractivity contribution in [1.82, 2.24) is 9.97 Å². The number of benzene rings is 3. The number of ether oxygens (including phenoxy) is 2. The summed E-state index contributed by atoms with van der Waals surface area (Å²) < 4.78 is 34.0. The van der Waals surface area contributed by atoms with Crippen LogP contribution >= 0.6 is 0 Å². The predicted molar refractivity (Wildman–Crippen MR) is 123 cm³/mol. The lowest BCUT2D eigenvalue weighted by molar-refractivity contribution is 0.414. The maximum Gasteiger partial charge on any atom is 0.238 e. The summed E-state index contributed by atoms with van der Waals surface area (Å²) in [5.74, 6) is 1.56. The average Bonchev–Trinajstić information content (AvgIpc) is 2.79. The Morgan fingerprint density at radius 2 is 1.19 bits per heavy atom. The van der Waals surface area contributed by atoms with E-state index in [0.29, 0.717) is 23.9 Å². The molecule has 1 heterocycles. The first-order valence-electron chi connectivity index (χ1n) is 9.94. The van der Waals surface area contributed by atoms with Crippen LogP contribution < -0.4 is 14.6 Å². The van der Waals surface area contributed by atoms with E-state index in [1.807, 2.05) is 48.5 Å². The van der Waals surface area contributed by atoms with E-state index in [0.717, 1.165) is 34.0 Å². The van der Waals surface area contributed by atoms with Crippen LogP contribution in [0.3, 0.4) is 0 Å². The van der Waals surface area contributed by atoms with Crippen molar-refractivity contribution < 1.29 is 17.9 Å². The van der Waals surface area contributed by atoms with Gasteiger partial charge >= 0.3 is 0 Å². The van der Waals surface area contributed by atoms with Crippen molar-refractivity contribution in [2.24, 2.45) is 5.14 Å². The van der Waals surface area contributed by atoms with E-state index in [-0.39, 0.29) is 4.90 Å². The van der Waals surface area contributed by atoms with Gasteiger partial charge in [0.15, 0.2) is 0 Å². The maximum atomic E-state index is 11.8. The van der Waals surface area contributed by atoms with Gasteiger partial charge < -0.3 is 9.47 Å². The van der Waals surface area contributed by atoms with E-state index in [2.05, 4.69) is 0 Å². The number of methoxy groups -OCH3 is 2. The fourth-order valence-corrected chi connectivity index (χ4v) is 3.97. The standard InChI is InChI=1S/C24H23N3O4S/c1-30-18-7-3-16(4-8-18)13-22-23(14-17-5-9-19(31-2)10-6-17)27-24-15-20(32(25,28)29)11-12-21(24)26-22/h3-12,15H,13-14H2,1-2H3,(H2,25,28,29). The third-order valence-electron chi connectivity index (χ3n) is 5.18. The van der Waals surface area contributed by atoms with Crippen molar-refractivity contribution in [3.63, 3.8) is 0 Å². The van der Waals surface area contributed by atoms with Gasteiger partial charge in [0.05, 0.1) is 41.5 Å². The smallest absolute Gasteiger partial charge is 0.238 e. The van der Waals surface area contributed by atoms with Crippen LogP contribution in [0.1, 0.15) is 22.5 Å². The first-order valence-corrected chi connectivity index (χ1v) is 11.5. The molecule has 0 aliphatic carbocycles. The number of primary sulfonamides is 1. The molecule has 32 heavy (non-hydrogen) atoms. The minimum atomic E-state index is -3.83. The molecule has 0 spiro atoms. The van der Waals surface area contributed by atoms with Gasteiger partial charge in [-0.3, -0.25) is 0 Å². The van der Waals surface area contributed by atoms with Crippen LogP contribution in [0.25, 0.3) is 11.0 Å². The molecule has 4 aromatic rings. The van der Waals surface area contributed by atoms with Gasteiger partial charge in [-0.15, -0.1) is 0 Å². The second-order valence-corrected chi connectivity index (χ2v) is 8.92. The van der Waals surface area contributed by atoms with Crippen LogP contribution in [-0.2, 0) is 22.9 Å². The molecule has 0 saturated carbocycles. The van der Waals surface area contributed by atoms with Gasteiger partial charge in [0, 0.05) is 12.8 Å². The Hall–Kier alpha value is -3.49. The molecule has 7 nitrogen and oxygen atoms in total. The number of aromatic nitrogens is 2. The van der Waals surface area contributed by atoms with E-state index in [1.54, 1.807) is 20.3 Å². The van der Waals surface area contributed by atoms with Gasteiger partial charge in [0.25, 0.3) is 0 Å². The molecule has 8 heteroatoms. The number of rotatable bonds is 7. The molecular formula is C24H23N3O4S. The van der Waals surface area contributed by atoms with Crippen molar-refractivity contribution >= 4 is 21.1 Å². The molecule has 0 radical (unpaired) electrons. The van der Waals surface area contributed by atoms with E-state index in [1.165, 1.54) is 12.1 Å². The highest BCUT2D eigenvalue weighted by atomic mass is 32.2. The number of nitrogens with zero attached hydrogens (tertiary/aromatic N) is 2. The largest absolute Gasteiger partial charge is 0.497 e. The topological polar surface area (TPSA) is 104 Å². The summed E-state index contributed by atoms with van der Waals surface area (Å²) in [4.78, 5) is 9.60. The highest BCUT2D eigenvalue weighted by molar-refractivity contribution is 7.89. The lowest BCUT2D eigenvalue weighted by atomic mass is 10.0. The van der Waals surface area contributed by atoms with Gasteiger partial charge in [-0.1, -0.05) is 24.3 Å². The van der Waals surface area contributed by atoms with E-state index in [9.17, 15) is 8.42 Å². The molecule has 0 bridgehead atoms. The number of fused-ring (bicyclic) bond motifs is 1. The van der Waals surface area contributed by atoms with E-state index >= 15 is 0 Å². The molecule has 1 aromatic heterocycles. The quantitative estimate of drug-likeness (QED) is 0.463. The van der Waals surface area contributed by atoms with Crippen LogP contribution in [0.15, 0.2) is 71.6 Å². The van der Waals surface area contributed by atoms with Crippen LogP contribution in [0.2, 0.25) is 0 Å². The van der Waals surface area contributed by atoms with Crippen molar-refractivity contribution in [2.45, 2.75) is 17.7 Å². The molecule has 0 aliphatic rings. The van der Waals surface area contributed by atoms with E-state index in [4.69, 9.17) is 24.6 Å². The molecular weight excluding hydrogens is 426 g/mol. The molecule has 0 amide bonds. The Labute approximate surface area is 186 Å². The predicted octanol–water partition coefficient (Wildman–Crippen LogP) is 3.48. The zero-order chi connectivity index (χ0) is 22.7. The SMILES string of the molecule is COc1ccc(Cc2nc3ccc(S(N)(=O)=O)cc3nc2Cc2ccc(OC)cc2)cc1. The minimum Gasteiger partial charge on any atom is -0.497 e. The van der Waals surface area contributed by atoms with Gasteiger partial charge in [0.1, 0.15) is 11.5 Å². The molecule has 3 aromatic carbocycles. The van der Waals surface area contributed by atoms with Crippen LogP contribution in [-0.4, -0.2) is 32.6 Å². The fraction of sp³-hybridized carbons (Fsp3) is 0.167. The molecule has 2 N–H and O–H groups in total. The van der Waals surface area contributed by atoms with Crippen LogP contribution in [0.4, 0.5) is 0 Å². The highest BCUT2D eigenvalue weighted by Crippen LogP contribution is 2.23. The molecule has 164 valence electrons. The van der Waals surface area contributed by atoms with E-state index < -0.39 is 10.0 Å². The Balaban J connectivity index is 1.77. The maximum absolute atomic E-state index is 11.8. The molecule has 0 aliphatic heterocycles. The first-order chi connectivity index (χ1) is 15.4. The lowest BCUT2D eigenvalue weighted by Gasteiger charge is -2.12. The number of hydrogen-bond acceptors (Lipinski definition) is 6. The first kappa shape index (κ1) is 21.7. The highest BCUT2D eigenvalue weighted by Gasteiger charge is 2.14. The molecule has 0 saturated heterocycles. The second-order valence-electron chi connectivity index (χ2n) is 7.36. The Morgan fingerprint density at radius 1 is 0.719 bits per heavy atom. The van der Waals surface area contributed by atoms with Gasteiger partial charge in [-0.2, -0.15) is 0 Å². The minimum absolute atomic E-state index is 0.0117. The van der Waals surface area contributed by atoms with Gasteiger partial charge in [-0.25, -0.2) is 23.5 Å². The average molecular weight is 450 g/mol. The second kappa shape index (κ2) is 8.94. The summed E-state index contributed by atoms with van der Waals surface area (Å²) in [6.45, 7) is 0. The van der Waals surface area contributed by atoms with Crippen LogP contribution in [0.5, 0.6) is 11.5 Å². The van der Waals surface area contributed by atoms with Gasteiger partial charge in [0.2, 0.25) is 10.0 Å². The zero-order valence-electron chi connectivity index (χ0n) is 17.8. The molecule has 0 atom stereocenters. The summed E-state index contributed by atoms with van der Waals surface area (Å²) in [6.07, 6.45) is 1.12. The van der Waals surface area contributed by atoms with Crippen molar-refractivity contribution in [3.05, 3.63) is 89.2 Å². The number of nitrogens with two attached hydrogens (primary N) is 1. The van der Waals surface area contributed by atoms with Crippen molar-refractivity contribution in [3.8, 4) is 11.5 Å². The Morgan fingerprint density at radius 3 is 1.62 bits per heavy atom. The normalized spacial score (nSPS) is 11.5. The number of sulfonamides is 1. The summed E-state index contributed by atoms with van der Waals surface area (Å²) in [6, 6.07) is 20.1. The van der Waals surface area contributed by atoms with Crippen molar-refractivity contribution in [2.75, 3.05) is 14.2 Å². The lowest BCUT2D eigenvalue weighted by Crippen LogP contribution is -2.12. The fourth-order valence-electron chi connectivity index (χ4n) is 3.44. The van der Waals surface area contributed by atoms with Gasteiger partial charge in [-0.05, 0) is 53.6 Å². The molecule has 0 unspecified atom stereocenters. The summed E-state index contributed by atoms with van der Waals surface area (Å²) >= 11 is 0. The number of hydrogen-bond donors (Lipinski definition) is 1. The molecule has 0 fully saturated rings. The van der Waals surface area contributed by atoms with Crippen LogP contribution in [0, 0.1) is 0 Å². The summed E-state index contributed by atoms with van der Waals surface area (Å²) in [5.41, 5.74) is 4.79. The monoisotopic (exact) mass is 449 g/mol. The molecule has 4 rings (SSSR count). The third-order valence-corrected chi connectivity index (χ3v) is 6.09. The summed E-state index contributed by atoms with van der Waals surface area (Å²) in [7, 11) is -0.576.